The number of ether oxygens (including phenoxy) is 1. The van der Waals surface area contributed by atoms with Gasteiger partial charge in [0.25, 0.3) is 0 Å². The molecule has 0 saturated heterocycles. The van der Waals surface area contributed by atoms with E-state index in [4.69, 9.17) is 5.73 Å². The number of nitrogens with two attached hydrogens (primary N) is 1. The zero-order valence-corrected chi connectivity index (χ0v) is 18.0. The van der Waals surface area contributed by atoms with Crippen molar-refractivity contribution >= 4 is 11.8 Å². The van der Waals surface area contributed by atoms with Crippen LogP contribution in [0.3, 0.4) is 0 Å². The largest absolute Gasteiger partial charge is 0.573 e. The monoisotopic (exact) mass is 465 g/mol. The summed E-state index contributed by atoms with van der Waals surface area (Å²) in [4.78, 5) is 8.15. The summed E-state index contributed by atoms with van der Waals surface area (Å²) in [6.07, 6.45) is 1.92. The summed E-state index contributed by atoms with van der Waals surface area (Å²) >= 11 is 0. The van der Waals surface area contributed by atoms with E-state index in [-0.39, 0.29) is 41.1 Å². The number of aromatic nitrogens is 2. The Morgan fingerprint density at radius 1 is 1.09 bits per heavy atom. The van der Waals surface area contributed by atoms with Gasteiger partial charge in [-0.3, -0.25) is 0 Å². The Bertz CT molecular complexity index is 1000. The minimum Gasteiger partial charge on any atom is -0.405 e. The highest BCUT2D eigenvalue weighted by Crippen LogP contribution is 2.59. The maximum Gasteiger partial charge on any atom is 0.573 e. The lowest BCUT2D eigenvalue weighted by molar-refractivity contribution is -0.274. The first kappa shape index (κ1) is 22.2. The van der Waals surface area contributed by atoms with Crippen LogP contribution in [0.1, 0.15) is 37.7 Å². The molecule has 6 nitrogen and oxygen atoms in total. The van der Waals surface area contributed by atoms with Crippen LogP contribution in [0.2, 0.25) is 0 Å². The molecule has 6 rings (SSSR count). The highest BCUT2D eigenvalue weighted by Gasteiger charge is 2.54. The third-order valence-electron chi connectivity index (χ3n) is 7.48. The average Bonchev–Trinajstić information content (AvgIpc) is 2.75. The molecule has 1 unspecified atom stereocenters. The number of benzene rings is 1. The number of hydrogen-bond donors (Lipinski definition) is 3. The molecule has 4 bridgehead atoms. The number of halogens is 4. The molecule has 4 aliphatic rings. The summed E-state index contributed by atoms with van der Waals surface area (Å²) in [6, 6.07) is 6.09. The molecular weight excluding hydrogens is 438 g/mol. The highest BCUT2D eigenvalue weighted by atomic mass is 19.4. The second-order valence-electron chi connectivity index (χ2n) is 9.80. The lowest BCUT2D eigenvalue weighted by Gasteiger charge is -2.59. The van der Waals surface area contributed by atoms with Crippen molar-refractivity contribution in [3.05, 3.63) is 41.8 Å². The van der Waals surface area contributed by atoms with Crippen molar-refractivity contribution in [2.45, 2.75) is 51.1 Å². The Morgan fingerprint density at radius 3 is 2.55 bits per heavy atom. The molecule has 0 aliphatic heterocycles. The minimum absolute atomic E-state index is 0.00973. The Labute approximate surface area is 189 Å². The van der Waals surface area contributed by atoms with E-state index in [0.29, 0.717) is 24.3 Å². The molecule has 5 atom stereocenters. The molecular formula is C23H27F4N5O. The number of hydrogen-bond acceptors (Lipinski definition) is 6. The lowest BCUT2D eigenvalue weighted by atomic mass is 9.48. The molecule has 4 aliphatic carbocycles. The van der Waals surface area contributed by atoms with Crippen molar-refractivity contribution in [1.29, 1.82) is 0 Å². The van der Waals surface area contributed by atoms with Crippen molar-refractivity contribution in [3.8, 4) is 5.75 Å². The molecule has 2 aromatic rings. The van der Waals surface area contributed by atoms with Crippen molar-refractivity contribution in [2.75, 3.05) is 17.2 Å². The number of rotatable bonds is 7. The van der Waals surface area contributed by atoms with Crippen molar-refractivity contribution in [3.63, 3.8) is 0 Å². The molecule has 10 heteroatoms. The number of anilines is 2. The predicted octanol–water partition coefficient (Wildman–Crippen LogP) is 4.69. The molecule has 0 amide bonds. The number of nitrogens with one attached hydrogen (secondary N) is 2. The first-order valence-corrected chi connectivity index (χ1v) is 11.3. The summed E-state index contributed by atoms with van der Waals surface area (Å²) in [6.45, 7) is 0.614. The topological polar surface area (TPSA) is 85.1 Å². The molecule has 178 valence electrons. The van der Waals surface area contributed by atoms with Crippen LogP contribution < -0.4 is 21.1 Å². The van der Waals surface area contributed by atoms with E-state index in [1.54, 1.807) is 6.07 Å². The Hall–Kier alpha value is -2.62. The summed E-state index contributed by atoms with van der Waals surface area (Å²) in [5.41, 5.74) is 6.82. The van der Waals surface area contributed by atoms with E-state index >= 15 is 0 Å². The van der Waals surface area contributed by atoms with Crippen LogP contribution in [0.5, 0.6) is 5.75 Å². The van der Waals surface area contributed by atoms with Gasteiger partial charge < -0.3 is 21.1 Å². The fourth-order valence-corrected chi connectivity index (χ4v) is 6.34. The molecule has 33 heavy (non-hydrogen) atoms. The van der Waals surface area contributed by atoms with Crippen LogP contribution in [-0.4, -0.2) is 28.9 Å². The smallest absolute Gasteiger partial charge is 0.405 e. The highest BCUT2D eigenvalue weighted by molar-refractivity contribution is 5.43. The molecule has 1 heterocycles. The van der Waals surface area contributed by atoms with E-state index in [1.807, 2.05) is 0 Å². The minimum atomic E-state index is -4.79. The summed E-state index contributed by atoms with van der Waals surface area (Å²) < 4.78 is 56.4. The van der Waals surface area contributed by atoms with Gasteiger partial charge in [-0.25, -0.2) is 9.37 Å². The van der Waals surface area contributed by atoms with E-state index in [9.17, 15) is 17.6 Å². The van der Waals surface area contributed by atoms with Crippen molar-refractivity contribution in [2.24, 2.45) is 28.9 Å². The second-order valence-corrected chi connectivity index (χ2v) is 9.80. The lowest BCUT2D eigenvalue weighted by Crippen LogP contribution is -2.58. The van der Waals surface area contributed by atoms with Crippen LogP contribution >= 0.6 is 0 Å². The first-order valence-electron chi connectivity index (χ1n) is 11.3. The fraction of sp³-hybridized carbons (Fsp3) is 0.565. The van der Waals surface area contributed by atoms with Gasteiger partial charge in [0.2, 0.25) is 5.95 Å². The van der Waals surface area contributed by atoms with E-state index in [2.05, 4.69) is 25.3 Å². The number of alkyl halides is 3. The third-order valence-corrected chi connectivity index (χ3v) is 7.48. The first-order chi connectivity index (χ1) is 15.7. The van der Waals surface area contributed by atoms with E-state index < -0.39 is 12.2 Å². The van der Waals surface area contributed by atoms with E-state index in [0.717, 1.165) is 25.5 Å². The van der Waals surface area contributed by atoms with Crippen LogP contribution in [-0.2, 0) is 6.54 Å². The van der Waals surface area contributed by atoms with Gasteiger partial charge in [-0.15, -0.1) is 13.2 Å². The Morgan fingerprint density at radius 2 is 1.82 bits per heavy atom. The maximum absolute atomic E-state index is 14.4. The van der Waals surface area contributed by atoms with Crippen LogP contribution in [0.15, 0.2) is 30.5 Å². The quantitative estimate of drug-likeness (QED) is 0.515. The zero-order chi connectivity index (χ0) is 23.2. The van der Waals surface area contributed by atoms with Gasteiger partial charge in [0.1, 0.15) is 5.75 Å². The van der Waals surface area contributed by atoms with Crippen molar-refractivity contribution in [1.82, 2.24) is 9.97 Å². The molecule has 4 saturated carbocycles. The molecule has 4 fully saturated rings. The van der Waals surface area contributed by atoms with Gasteiger partial charge in [0.05, 0.1) is 6.20 Å². The molecule has 1 aromatic carbocycles. The van der Waals surface area contributed by atoms with E-state index in [1.165, 1.54) is 31.0 Å². The van der Waals surface area contributed by atoms with Gasteiger partial charge in [-0.2, -0.15) is 4.98 Å². The Kier molecular flexibility index (Phi) is 5.58. The Balaban J connectivity index is 1.24. The summed E-state index contributed by atoms with van der Waals surface area (Å²) in [7, 11) is 0. The zero-order valence-electron chi connectivity index (χ0n) is 18.0. The third kappa shape index (κ3) is 4.71. The van der Waals surface area contributed by atoms with Gasteiger partial charge >= 0.3 is 6.36 Å². The van der Waals surface area contributed by atoms with Crippen LogP contribution in [0, 0.1) is 29.0 Å². The summed E-state index contributed by atoms with van der Waals surface area (Å²) in [5, 5.41) is 6.05. The normalized spacial score (nSPS) is 30.3. The average molecular weight is 465 g/mol. The van der Waals surface area contributed by atoms with Gasteiger partial charge in [0.15, 0.2) is 11.6 Å². The maximum atomic E-state index is 14.4. The second kappa shape index (κ2) is 8.30. The molecule has 0 radical (unpaired) electrons. The van der Waals surface area contributed by atoms with Crippen LogP contribution in [0.4, 0.5) is 29.3 Å². The van der Waals surface area contributed by atoms with Gasteiger partial charge in [0, 0.05) is 24.7 Å². The molecule has 4 N–H and O–H groups in total. The number of para-hydroxylation sites is 1. The van der Waals surface area contributed by atoms with Gasteiger partial charge in [-0.05, 0) is 61.3 Å². The summed E-state index contributed by atoms with van der Waals surface area (Å²) in [5.74, 6) is 1.13. The molecule has 0 spiro atoms. The van der Waals surface area contributed by atoms with Crippen molar-refractivity contribution < 1.29 is 22.3 Å². The fourth-order valence-electron chi connectivity index (χ4n) is 6.34. The predicted molar refractivity (Wildman–Crippen MR) is 115 cm³/mol. The van der Waals surface area contributed by atoms with Gasteiger partial charge in [-0.1, -0.05) is 18.2 Å². The SMILES string of the molecule is N[C@@H]1[C@@H]2CC3C[C@H]1C[C@@](CNc1nc(NCc4ccccc4OC(F)(F)F)ncc1F)(C3)C2. The van der Waals surface area contributed by atoms with Crippen LogP contribution in [0.25, 0.3) is 0 Å². The number of nitrogens with zero attached hydrogens (tertiary/aromatic N) is 2. The molecule has 1 aromatic heterocycles. The standard InChI is InChI=1S/C23H27F4N5O/c24-17-11-30-21(29-10-14-3-1-2-4-18(14)33-23(25,26)27)32-20(17)31-12-22-7-13-5-15(8-22)19(28)16(6-13)9-22/h1-4,11,13,15-16,19H,5-10,12,28H2,(H2,29,30,31,32)/t13?,15-,16+,19-,22-.